The summed E-state index contributed by atoms with van der Waals surface area (Å²) in [5.74, 6) is 0.875. The van der Waals surface area contributed by atoms with Crippen molar-refractivity contribution in [3.05, 3.63) is 48.2 Å². The van der Waals surface area contributed by atoms with Crippen molar-refractivity contribution < 1.29 is 9.53 Å². The summed E-state index contributed by atoms with van der Waals surface area (Å²) in [5.41, 5.74) is 1.50. The average Bonchev–Trinajstić information content (AvgIpc) is 2.63. The molecule has 2 unspecified atom stereocenters. The number of amidine groups is 1. The molecule has 2 atom stereocenters. The first-order chi connectivity index (χ1) is 12.0. The van der Waals surface area contributed by atoms with Crippen molar-refractivity contribution >= 4 is 17.5 Å². The van der Waals surface area contributed by atoms with Crippen molar-refractivity contribution in [2.24, 2.45) is 9.98 Å². The van der Waals surface area contributed by atoms with Gasteiger partial charge in [0.25, 0.3) is 0 Å². The van der Waals surface area contributed by atoms with E-state index in [4.69, 9.17) is 4.74 Å². The fourth-order valence-corrected chi connectivity index (χ4v) is 3.05. The molecule has 2 aliphatic rings. The van der Waals surface area contributed by atoms with Crippen LogP contribution in [0, 0.1) is 0 Å². The standard InChI is InChI=1S/C18H21N5O2/c1-5-8-18(12-6-7-14(25-4)20-10-12)9-13-11(2)21-17(19-3)23-15(13)22-16(18)24/h5-7,9-10,17,19H,1,8H2,2-4H3,(H,22,23,24). The van der Waals surface area contributed by atoms with E-state index in [0.717, 1.165) is 16.8 Å². The number of amides is 1. The van der Waals surface area contributed by atoms with Crippen LogP contribution in [0.1, 0.15) is 18.9 Å². The fourth-order valence-electron chi connectivity index (χ4n) is 3.05. The Kier molecular flexibility index (Phi) is 4.50. The normalized spacial score (nSPS) is 25.2. The molecule has 130 valence electrons. The molecule has 2 aliphatic heterocycles. The van der Waals surface area contributed by atoms with Gasteiger partial charge in [0.05, 0.1) is 12.5 Å². The fraction of sp³-hybridized carbons (Fsp3) is 0.333. The summed E-state index contributed by atoms with van der Waals surface area (Å²) in [6.45, 7) is 5.73. The van der Waals surface area contributed by atoms with Gasteiger partial charge in [0.1, 0.15) is 5.84 Å². The number of carbonyl (C=O) groups is 1. The number of hydrogen-bond donors (Lipinski definition) is 2. The van der Waals surface area contributed by atoms with Gasteiger partial charge in [-0.05, 0) is 26.0 Å². The van der Waals surface area contributed by atoms with Crippen LogP contribution in [-0.4, -0.2) is 42.9 Å². The summed E-state index contributed by atoms with van der Waals surface area (Å²) >= 11 is 0. The third-order valence-corrected chi connectivity index (χ3v) is 4.43. The van der Waals surface area contributed by atoms with Gasteiger partial charge in [-0.25, -0.2) is 15.0 Å². The molecule has 2 N–H and O–H groups in total. The summed E-state index contributed by atoms with van der Waals surface area (Å²) in [6.07, 6.45) is 5.36. The molecule has 0 aromatic carbocycles. The zero-order chi connectivity index (χ0) is 18.0. The lowest BCUT2D eigenvalue weighted by Crippen LogP contribution is -2.52. The third-order valence-electron chi connectivity index (χ3n) is 4.43. The Labute approximate surface area is 146 Å². The lowest BCUT2D eigenvalue weighted by Gasteiger charge is -2.35. The van der Waals surface area contributed by atoms with Gasteiger partial charge in [0.15, 0.2) is 6.29 Å². The maximum atomic E-state index is 13.0. The van der Waals surface area contributed by atoms with Gasteiger partial charge < -0.3 is 10.1 Å². The first-order valence-electron chi connectivity index (χ1n) is 8.00. The number of rotatable bonds is 5. The average molecular weight is 339 g/mol. The molecule has 0 saturated carbocycles. The maximum Gasteiger partial charge on any atom is 0.240 e. The third kappa shape index (κ3) is 2.87. The van der Waals surface area contributed by atoms with Crippen molar-refractivity contribution in [2.45, 2.75) is 25.0 Å². The Hall–Kier alpha value is -2.80. The van der Waals surface area contributed by atoms with Gasteiger partial charge in [0, 0.05) is 23.5 Å². The molecule has 3 heterocycles. The number of hydrogen-bond acceptors (Lipinski definition) is 6. The molecule has 0 radical (unpaired) electrons. The predicted octanol–water partition coefficient (Wildman–Crippen LogP) is 1.34. The van der Waals surface area contributed by atoms with Crippen LogP contribution in [0.3, 0.4) is 0 Å². The van der Waals surface area contributed by atoms with Crippen molar-refractivity contribution in [3.8, 4) is 5.88 Å². The Morgan fingerprint density at radius 3 is 2.84 bits per heavy atom. The van der Waals surface area contributed by atoms with Crippen LogP contribution in [0.4, 0.5) is 0 Å². The number of fused-ring (bicyclic) bond motifs is 1. The van der Waals surface area contributed by atoms with E-state index in [0.29, 0.717) is 18.1 Å². The van der Waals surface area contributed by atoms with E-state index in [9.17, 15) is 4.79 Å². The zero-order valence-electron chi connectivity index (χ0n) is 14.5. The quantitative estimate of drug-likeness (QED) is 0.793. The predicted molar refractivity (Wildman–Crippen MR) is 96.9 cm³/mol. The number of aliphatic imine (C=N–C) groups is 2. The van der Waals surface area contributed by atoms with E-state index in [1.165, 1.54) is 0 Å². The number of methoxy groups -OCH3 is 1. The van der Waals surface area contributed by atoms with E-state index in [1.807, 2.05) is 19.1 Å². The zero-order valence-corrected chi connectivity index (χ0v) is 14.5. The van der Waals surface area contributed by atoms with Crippen molar-refractivity contribution in [1.29, 1.82) is 0 Å². The number of aromatic nitrogens is 1. The molecule has 1 amide bonds. The SMILES string of the molecule is C=CCC1(c2ccc(OC)nc2)C=C2C(C)=NC(NC)N=C2NC1=O. The monoisotopic (exact) mass is 339 g/mol. The second-order valence-electron chi connectivity index (χ2n) is 5.92. The maximum absolute atomic E-state index is 13.0. The smallest absolute Gasteiger partial charge is 0.240 e. The molecule has 7 heteroatoms. The number of nitrogens with one attached hydrogen (secondary N) is 2. The van der Waals surface area contributed by atoms with Crippen LogP contribution in [0.2, 0.25) is 0 Å². The summed E-state index contributed by atoms with van der Waals surface area (Å²) in [4.78, 5) is 26.2. The highest BCUT2D eigenvalue weighted by molar-refractivity contribution is 6.29. The highest BCUT2D eigenvalue weighted by Gasteiger charge is 2.43. The summed E-state index contributed by atoms with van der Waals surface area (Å²) in [7, 11) is 3.33. The molecule has 0 aliphatic carbocycles. The van der Waals surface area contributed by atoms with Gasteiger partial charge in [-0.1, -0.05) is 18.2 Å². The van der Waals surface area contributed by atoms with Crippen LogP contribution in [0.25, 0.3) is 0 Å². The molecule has 3 rings (SSSR count). The first-order valence-corrected chi connectivity index (χ1v) is 8.00. The summed E-state index contributed by atoms with van der Waals surface area (Å²) in [6, 6.07) is 3.59. The highest BCUT2D eigenvalue weighted by Crippen LogP contribution is 2.35. The Morgan fingerprint density at radius 1 is 1.44 bits per heavy atom. The molecule has 1 aromatic heterocycles. The number of ether oxygens (including phenoxy) is 1. The first kappa shape index (κ1) is 17.0. The van der Waals surface area contributed by atoms with E-state index in [-0.39, 0.29) is 12.2 Å². The molecular formula is C18H21N5O2. The van der Waals surface area contributed by atoms with E-state index < -0.39 is 5.41 Å². The van der Waals surface area contributed by atoms with Crippen LogP contribution < -0.4 is 15.4 Å². The van der Waals surface area contributed by atoms with Gasteiger partial charge in [-0.2, -0.15) is 0 Å². The molecule has 0 spiro atoms. The highest BCUT2D eigenvalue weighted by atomic mass is 16.5. The molecule has 0 bridgehead atoms. The molecule has 0 saturated heterocycles. The Bertz CT molecular complexity index is 794. The van der Waals surface area contributed by atoms with Crippen molar-refractivity contribution in [1.82, 2.24) is 15.6 Å². The van der Waals surface area contributed by atoms with Gasteiger partial charge >= 0.3 is 0 Å². The van der Waals surface area contributed by atoms with E-state index >= 15 is 0 Å². The van der Waals surface area contributed by atoms with Gasteiger partial charge in [-0.15, -0.1) is 6.58 Å². The minimum Gasteiger partial charge on any atom is -0.481 e. The molecule has 25 heavy (non-hydrogen) atoms. The lowest BCUT2D eigenvalue weighted by atomic mass is 9.73. The van der Waals surface area contributed by atoms with Crippen LogP contribution >= 0.6 is 0 Å². The number of carbonyl (C=O) groups excluding carboxylic acids is 1. The molecule has 0 fully saturated rings. The minimum atomic E-state index is -0.904. The summed E-state index contributed by atoms with van der Waals surface area (Å²) in [5, 5.41) is 5.91. The largest absolute Gasteiger partial charge is 0.481 e. The number of nitrogens with zero attached hydrogens (tertiary/aromatic N) is 3. The van der Waals surface area contributed by atoms with E-state index in [2.05, 4.69) is 32.2 Å². The van der Waals surface area contributed by atoms with Crippen LogP contribution in [0.5, 0.6) is 5.88 Å². The second-order valence-corrected chi connectivity index (χ2v) is 5.92. The van der Waals surface area contributed by atoms with Gasteiger partial charge in [-0.3, -0.25) is 10.1 Å². The summed E-state index contributed by atoms with van der Waals surface area (Å²) < 4.78 is 5.11. The van der Waals surface area contributed by atoms with Crippen molar-refractivity contribution in [3.63, 3.8) is 0 Å². The van der Waals surface area contributed by atoms with Crippen LogP contribution in [0.15, 0.2) is 52.6 Å². The van der Waals surface area contributed by atoms with Crippen molar-refractivity contribution in [2.75, 3.05) is 14.2 Å². The minimum absolute atomic E-state index is 0.161. The molecule has 1 aromatic rings. The lowest BCUT2D eigenvalue weighted by molar-refractivity contribution is -0.123. The van der Waals surface area contributed by atoms with Crippen LogP contribution in [-0.2, 0) is 10.2 Å². The number of allylic oxidation sites excluding steroid dienone is 1. The van der Waals surface area contributed by atoms with E-state index in [1.54, 1.807) is 32.5 Å². The topological polar surface area (TPSA) is 88.0 Å². The number of pyridine rings is 1. The second kappa shape index (κ2) is 6.60. The van der Waals surface area contributed by atoms with Gasteiger partial charge in [0.2, 0.25) is 11.8 Å². The molecular weight excluding hydrogens is 318 g/mol. The Balaban J connectivity index is 2.13. The molecule has 7 nitrogen and oxygen atoms in total. The Morgan fingerprint density at radius 2 is 2.24 bits per heavy atom.